The molecule has 1 aromatic carbocycles. The summed E-state index contributed by atoms with van der Waals surface area (Å²) >= 11 is 3.47. The van der Waals surface area contributed by atoms with Crippen LogP contribution in [0.15, 0.2) is 22.7 Å². The average molecular weight is 326 g/mol. The third-order valence-corrected chi connectivity index (χ3v) is 4.12. The second-order valence-electron chi connectivity index (χ2n) is 4.98. The van der Waals surface area contributed by atoms with E-state index in [0.29, 0.717) is 13.0 Å². The van der Waals surface area contributed by atoms with E-state index in [1.807, 2.05) is 13.1 Å². The Hall–Kier alpha value is -1.07. The van der Waals surface area contributed by atoms with Gasteiger partial charge >= 0.3 is 0 Å². The highest BCUT2D eigenvalue weighted by molar-refractivity contribution is 9.10. The first-order valence-corrected chi connectivity index (χ1v) is 7.31. The number of halogens is 1. The third kappa shape index (κ3) is 2.92. The van der Waals surface area contributed by atoms with Crippen molar-refractivity contribution in [3.8, 4) is 0 Å². The summed E-state index contributed by atoms with van der Waals surface area (Å²) in [6.45, 7) is 4.21. The van der Waals surface area contributed by atoms with Gasteiger partial charge in [-0.25, -0.2) is 0 Å². The topological polar surface area (TPSA) is 49.6 Å². The number of likely N-dealkylation sites (N-methyl/N-ethyl adjacent to an activating group) is 1. The summed E-state index contributed by atoms with van der Waals surface area (Å²) in [5.74, 6) is 0.166. The van der Waals surface area contributed by atoms with Crippen LogP contribution in [0.3, 0.4) is 0 Å². The van der Waals surface area contributed by atoms with Crippen LogP contribution in [0.2, 0.25) is 0 Å². The van der Waals surface area contributed by atoms with Crippen molar-refractivity contribution in [2.45, 2.75) is 19.4 Å². The predicted octanol–water partition coefficient (Wildman–Crippen LogP) is 1.75. The van der Waals surface area contributed by atoms with Crippen molar-refractivity contribution in [1.29, 1.82) is 0 Å². The summed E-state index contributed by atoms with van der Waals surface area (Å²) in [6.07, 6.45) is 0.693. The Bertz CT molecular complexity index is 478. The molecule has 0 saturated carbocycles. The predicted molar refractivity (Wildman–Crippen MR) is 81.3 cm³/mol. The molecule has 5 heteroatoms. The van der Waals surface area contributed by atoms with Crippen LogP contribution in [0.1, 0.15) is 12.0 Å². The SMILES string of the molecule is Cc1cc(Br)ccc1N1CCN(C)C(=O)C1CCN. The van der Waals surface area contributed by atoms with Gasteiger partial charge in [-0.3, -0.25) is 4.79 Å². The highest BCUT2D eigenvalue weighted by atomic mass is 79.9. The lowest BCUT2D eigenvalue weighted by Crippen LogP contribution is -2.56. The lowest BCUT2D eigenvalue weighted by molar-refractivity contribution is -0.133. The molecule has 0 bridgehead atoms. The zero-order valence-corrected chi connectivity index (χ0v) is 13.0. The Labute approximate surface area is 122 Å². The first-order valence-electron chi connectivity index (χ1n) is 6.52. The summed E-state index contributed by atoms with van der Waals surface area (Å²) in [7, 11) is 1.86. The fraction of sp³-hybridized carbons (Fsp3) is 0.500. The van der Waals surface area contributed by atoms with Gasteiger partial charge in [0.1, 0.15) is 6.04 Å². The molecule has 1 saturated heterocycles. The zero-order valence-electron chi connectivity index (χ0n) is 11.4. The molecular weight excluding hydrogens is 306 g/mol. The maximum Gasteiger partial charge on any atom is 0.245 e. The number of carbonyl (C=O) groups is 1. The number of hydrogen-bond acceptors (Lipinski definition) is 3. The minimum Gasteiger partial charge on any atom is -0.357 e. The molecule has 4 nitrogen and oxygen atoms in total. The van der Waals surface area contributed by atoms with Crippen LogP contribution in [0.5, 0.6) is 0 Å². The van der Waals surface area contributed by atoms with Gasteiger partial charge in [-0.05, 0) is 43.7 Å². The first-order chi connectivity index (χ1) is 9.04. The zero-order chi connectivity index (χ0) is 14.0. The number of hydrogen-bond donors (Lipinski definition) is 1. The van der Waals surface area contributed by atoms with Gasteiger partial charge in [0.15, 0.2) is 0 Å². The molecule has 1 aliphatic heterocycles. The van der Waals surface area contributed by atoms with E-state index in [0.717, 1.165) is 23.2 Å². The van der Waals surface area contributed by atoms with Crippen LogP contribution >= 0.6 is 15.9 Å². The molecule has 1 atom stereocenters. The Morgan fingerprint density at radius 2 is 2.16 bits per heavy atom. The number of benzene rings is 1. The summed E-state index contributed by atoms with van der Waals surface area (Å²) in [4.78, 5) is 16.3. The van der Waals surface area contributed by atoms with Crippen molar-refractivity contribution < 1.29 is 4.79 Å². The number of anilines is 1. The molecule has 2 rings (SSSR count). The van der Waals surface area contributed by atoms with E-state index >= 15 is 0 Å². The van der Waals surface area contributed by atoms with Gasteiger partial charge in [-0.1, -0.05) is 15.9 Å². The van der Waals surface area contributed by atoms with Gasteiger partial charge in [0.25, 0.3) is 0 Å². The minimum atomic E-state index is -0.136. The Morgan fingerprint density at radius 3 is 2.79 bits per heavy atom. The number of nitrogens with zero attached hydrogens (tertiary/aromatic N) is 2. The van der Waals surface area contributed by atoms with Crippen LogP contribution in [-0.4, -0.2) is 43.5 Å². The molecule has 0 radical (unpaired) electrons. The summed E-state index contributed by atoms with van der Waals surface area (Å²) in [6, 6.07) is 6.03. The maximum absolute atomic E-state index is 12.3. The molecule has 0 spiro atoms. The smallest absolute Gasteiger partial charge is 0.245 e. The second kappa shape index (κ2) is 5.92. The summed E-state index contributed by atoms with van der Waals surface area (Å²) in [5, 5.41) is 0. The minimum absolute atomic E-state index is 0.136. The molecule has 1 fully saturated rings. The van der Waals surface area contributed by atoms with Crippen molar-refractivity contribution >= 4 is 27.5 Å². The standard InChI is InChI=1S/C14H20BrN3O/c1-10-9-11(15)3-4-12(10)18-8-7-17(2)14(19)13(18)5-6-16/h3-4,9,13H,5-8,16H2,1-2H3. The van der Waals surface area contributed by atoms with E-state index in [9.17, 15) is 4.79 Å². The molecule has 1 unspecified atom stereocenters. The highest BCUT2D eigenvalue weighted by Gasteiger charge is 2.32. The van der Waals surface area contributed by atoms with Gasteiger partial charge in [0.05, 0.1) is 0 Å². The molecular formula is C14H20BrN3O. The van der Waals surface area contributed by atoms with Gasteiger partial charge in [0, 0.05) is 30.3 Å². The number of nitrogens with two attached hydrogens (primary N) is 1. The monoisotopic (exact) mass is 325 g/mol. The van der Waals surface area contributed by atoms with E-state index in [-0.39, 0.29) is 11.9 Å². The van der Waals surface area contributed by atoms with Crippen molar-refractivity contribution in [2.24, 2.45) is 5.73 Å². The van der Waals surface area contributed by atoms with Crippen LogP contribution < -0.4 is 10.6 Å². The third-order valence-electron chi connectivity index (χ3n) is 3.62. The maximum atomic E-state index is 12.3. The van der Waals surface area contributed by atoms with Gasteiger partial charge < -0.3 is 15.5 Å². The Kier molecular flexibility index (Phi) is 4.47. The van der Waals surface area contributed by atoms with Crippen LogP contribution in [-0.2, 0) is 4.79 Å². The first kappa shape index (κ1) is 14.3. The van der Waals surface area contributed by atoms with E-state index < -0.39 is 0 Å². The lowest BCUT2D eigenvalue weighted by atomic mass is 10.0. The normalized spacial score (nSPS) is 20.0. The summed E-state index contributed by atoms with van der Waals surface area (Å²) in [5.41, 5.74) is 7.97. The second-order valence-corrected chi connectivity index (χ2v) is 5.89. The number of aryl methyl sites for hydroxylation is 1. The van der Waals surface area contributed by atoms with Gasteiger partial charge in [-0.2, -0.15) is 0 Å². The fourth-order valence-electron chi connectivity index (χ4n) is 2.58. The molecule has 0 aliphatic carbocycles. The van der Waals surface area contributed by atoms with E-state index in [1.165, 1.54) is 5.56 Å². The van der Waals surface area contributed by atoms with Crippen molar-refractivity contribution in [3.63, 3.8) is 0 Å². The van der Waals surface area contributed by atoms with Crippen LogP contribution in [0.25, 0.3) is 0 Å². The average Bonchev–Trinajstić information content (AvgIpc) is 2.36. The van der Waals surface area contributed by atoms with E-state index in [2.05, 4.69) is 39.9 Å². The summed E-state index contributed by atoms with van der Waals surface area (Å²) < 4.78 is 1.06. The lowest BCUT2D eigenvalue weighted by Gasteiger charge is -2.41. The molecule has 0 aromatic heterocycles. The number of carbonyl (C=O) groups excluding carboxylic acids is 1. The molecule has 19 heavy (non-hydrogen) atoms. The molecule has 1 aromatic rings. The quantitative estimate of drug-likeness (QED) is 0.921. The van der Waals surface area contributed by atoms with Gasteiger partial charge in [0.2, 0.25) is 5.91 Å². The van der Waals surface area contributed by atoms with Crippen molar-refractivity contribution in [3.05, 3.63) is 28.2 Å². The molecule has 1 amide bonds. The van der Waals surface area contributed by atoms with Crippen LogP contribution in [0.4, 0.5) is 5.69 Å². The van der Waals surface area contributed by atoms with Gasteiger partial charge in [-0.15, -0.1) is 0 Å². The molecule has 104 valence electrons. The Balaban J connectivity index is 2.32. The number of rotatable bonds is 3. The van der Waals surface area contributed by atoms with Crippen LogP contribution in [0, 0.1) is 6.92 Å². The number of amides is 1. The molecule has 1 aliphatic rings. The fourth-order valence-corrected chi connectivity index (χ4v) is 3.05. The van der Waals surface area contributed by atoms with E-state index in [1.54, 1.807) is 4.90 Å². The number of piperazine rings is 1. The Morgan fingerprint density at radius 1 is 1.42 bits per heavy atom. The van der Waals surface area contributed by atoms with Crippen molar-refractivity contribution in [2.75, 3.05) is 31.6 Å². The van der Waals surface area contributed by atoms with E-state index in [4.69, 9.17) is 5.73 Å². The van der Waals surface area contributed by atoms with Crippen molar-refractivity contribution in [1.82, 2.24) is 4.90 Å². The molecule has 2 N–H and O–H groups in total. The largest absolute Gasteiger partial charge is 0.357 e. The highest BCUT2D eigenvalue weighted by Crippen LogP contribution is 2.28. The molecule has 1 heterocycles.